The van der Waals surface area contributed by atoms with Crippen molar-refractivity contribution in [1.82, 2.24) is 9.97 Å². The lowest BCUT2D eigenvalue weighted by Crippen LogP contribution is -2.45. The van der Waals surface area contributed by atoms with E-state index in [1.165, 1.54) is 0 Å². The average Bonchev–Trinajstić information content (AvgIpc) is 3.03. The summed E-state index contributed by atoms with van der Waals surface area (Å²) in [6, 6.07) is 9.52. The molecule has 1 aromatic heterocycles. The summed E-state index contributed by atoms with van der Waals surface area (Å²) in [4.78, 5) is 11.5. The first-order valence-corrected chi connectivity index (χ1v) is 8.91. The van der Waals surface area contributed by atoms with E-state index in [2.05, 4.69) is 20.2 Å². The molecule has 0 bridgehead atoms. The lowest BCUT2D eigenvalue weighted by Gasteiger charge is -2.37. The summed E-state index contributed by atoms with van der Waals surface area (Å²) in [6.45, 7) is 4.99. The van der Waals surface area contributed by atoms with Gasteiger partial charge in [0, 0.05) is 48.4 Å². The van der Waals surface area contributed by atoms with Gasteiger partial charge in [-0.1, -0.05) is 17.7 Å². The fourth-order valence-electron chi connectivity index (χ4n) is 3.31. The van der Waals surface area contributed by atoms with E-state index in [1.807, 2.05) is 37.3 Å². The zero-order chi connectivity index (χ0) is 17.3. The number of hydrogen-bond acceptors (Lipinski definition) is 6. The maximum absolute atomic E-state index is 6.05. The fraction of sp³-hybridized carbons (Fsp3) is 0.444. The summed E-state index contributed by atoms with van der Waals surface area (Å²) in [6.07, 6.45) is 1.67. The second-order valence-corrected chi connectivity index (χ2v) is 6.86. The van der Waals surface area contributed by atoms with Crippen LogP contribution in [-0.2, 0) is 9.47 Å². The highest BCUT2D eigenvalue weighted by Crippen LogP contribution is 2.32. The number of ether oxygens (including phenoxy) is 2. The molecule has 2 saturated heterocycles. The van der Waals surface area contributed by atoms with E-state index in [4.69, 9.17) is 21.1 Å². The predicted octanol–water partition coefficient (Wildman–Crippen LogP) is 3.53. The summed E-state index contributed by atoms with van der Waals surface area (Å²) < 4.78 is 11.6. The topological polar surface area (TPSA) is 59.5 Å². The molecule has 6 nitrogen and oxygen atoms in total. The first-order chi connectivity index (χ1) is 12.1. The SMILES string of the molecule is Cc1cc(Nc2cccc(Cl)c2)nc(N2CCC3(CC2)OCCO3)n1. The molecule has 2 aliphatic rings. The molecule has 4 rings (SSSR count). The van der Waals surface area contributed by atoms with Crippen LogP contribution in [0.4, 0.5) is 17.5 Å². The Morgan fingerprint density at radius 2 is 1.88 bits per heavy atom. The smallest absolute Gasteiger partial charge is 0.227 e. The number of piperidine rings is 1. The molecule has 7 heteroatoms. The summed E-state index contributed by atoms with van der Waals surface area (Å²) in [5.74, 6) is 1.11. The Morgan fingerprint density at radius 3 is 2.60 bits per heavy atom. The molecule has 2 fully saturated rings. The molecule has 1 aromatic carbocycles. The minimum Gasteiger partial charge on any atom is -0.347 e. The molecular weight excluding hydrogens is 340 g/mol. The van der Waals surface area contributed by atoms with E-state index in [1.54, 1.807) is 0 Å². The number of halogens is 1. The van der Waals surface area contributed by atoms with E-state index in [-0.39, 0.29) is 5.79 Å². The number of anilines is 3. The van der Waals surface area contributed by atoms with Gasteiger partial charge in [-0.3, -0.25) is 0 Å². The third-order valence-electron chi connectivity index (χ3n) is 4.56. The van der Waals surface area contributed by atoms with Crippen molar-refractivity contribution in [2.75, 3.05) is 36.5 Å². The Morgan fingerprint density at radius 1 is 1.12 bits per heavy atom. The van der Waals surface area contributed by atoms with Gasteiger partial charge in [0.1, 0.15) is 5.82 Å². The maximum Gasteiger partial charge on any atom is 0.227 e. The molecule has 2 aliphatic heterocycles. The second kappa shape index (κ2) is 6.78. The zero-order valence-corrected chi connectivity index (χ0v) is 14.9. The third kappa shape index (κ3) is 3.71. The molecule has 0 unspecified atom stereocenters. The van der Waals surface area contributed by atoms with E-state index in [9.17, 15) is 0 Å². The number of aryl methyl sites for hydroxylation is 1. The number of aromatic nitrogens is 2. The highest BCUT2D eigenvalue weighted by molar-refractivity contribution is 6.30. The molecule has 0 saturated carbocycles. The molecule has 1 spiro atoms. The van der Waals surface area contributed by atoms with Crippen molar-refractivity contribution >= 4 is 29.1 Å². The first-order valence-electron chi connectivity index (χ1n) is 8.53. The van der Waals surface area contributed by atoms with Gasteiger partial charge in [0.25, 0.3) is 0 Å². The number of benzene rings is 1. The molecule has 0 radical (unpaired) electrons. The summed E-state index contributed by atoms with van der Waals surface area (Å²) in [5, 5.41) is 3.99. The van der Waals surface area contributed by atoms with Gasteiger partial charge in [-0.05, 0) is 25.1 Å². The van der Waals surface area contributed by atoms with Crippen LogP contribution in [0, 0.1) is 6.92 Å². The highest BCUT2D eigenvalue weighted by Gasteiger charge is 2.40. The monoisotopic (exact) mass is 360 g/mol. The quantitative estimate of drug-likeness (QED) is 0.903. The Labute approximate surface area is 152 Å². The Balaban J connectivity index is 1.50. The Hall–Kier alpha value is -1.89. The van der Waals surface area contributed by atoms with Gasteiger partial charge in [-0.2, -0.15) is 4.98 Å². The molecule has 25 heavy (non-hydrogen) atoms. The molecule has 2 aromatic rings. The minimum atomic E-state index is -0.387. The van der Waals surface area contributed by atoms with Crippen LogP contribution in [-0.4, -0.2) is 42.1 Å². The van der Waals surface area contributed by atoms with Gasteiger partial charge >= 0.3 is 0 Å². The first kappa shape index (κ1) is 16.6. The summed E-state index contributed by atoms with van der Waals surface area (Å²) in [5.41, 5.74) is 1.82. The van der Waals surface area contributed by atoms with Crippen molar-refractivity contribution in [3.63, 3.8) is 0 Å². The molecule has 1 N–H and O–H groups in total. The number of nitrogens with one attached hydrogen (secondary N) is 1. The molecule has 0 aliphatic carbocycles. The van der Waals surface area contributed by atoms with Crippen molar-refractivity contribution in [3.05, 3.63) is 41.0 Å². The predicted molar refractivity (Wildman–Crippen MR) is 97.6 cm³/mol. The summed E-state index contributed by atoms with van der Waals surface area (Å²) in [7, 11) is 0. The van der Waals surface area contributed by atoms with Crippen LogP contribution in [0.3, 0.4) is 0 Å². The van der Waals surface area contributed by atoms with Crippen molar-refractivity contribution in [1.29, 1.82) is 0 Å². The second-order valence-electron chi connectivity index (χ2n) is 6.42. The van der Waals surface area contributed by atoms with Crippen molar-refractivity contribution in [2.45, 2.75) is 25.6 Å². The minimum absolute atomic E-state index is 0.387. The zero-order valence-electron chi connectivity index (χ0n) is 14.2. The van der Waals surface area contributed by atoms with Crippen LogP contribution in [0.1, 0.15) is 18.5 Å². The lowest BCUT2D eigenvalue weighted by molar-refractivity contribution is -0.169. The normalized spacial score (nSPS) is 19.4. The van der Waals surface area contributed by atoms with E-state index in [0.29, 0.717) is 18.2 Å². The fourth-order valence-corrected chi connectivity index (χ4v) is 3.50. The third-order valence-corrected chi connectivity index (χ3v) is 4.80. The Bertz CT molecular complexity index is 754. The van der Waals surface area contributed by atoms with Crippen molar-refractivity contribution in [2.24, 2.45) is 0 Å². The van der Waals surface area contributed by atoms with Crippen LogP contribution >= 0.6 is 11.6 Å². The van der Waals surface area contributed by atoms with Crippen molar-refractivity contribution < 1.29 is 9.47 Å². The van der Waals surface area contributed by atoms with Crippen LogP contribution in [0.15, 0.2) is 30.3 Å². The van der Waals surface area contributed by atoms with E-state index < -0.39 is 0 Å². The van der Waals surface area contributed by atoms with Crippen LogP contribution in [0.25, 0.3) is 0 Å². The number of hydrogen-bond donors (Lipinski definition) is 1. The van der Waals surface area contributed by atoms with Gasteiger partial charge in [-0.15, -0.1) is 0 Å². The van der Waals surface area contributed by atoms with Crippen LogP contribution < -0.4 is 10.2 Å². The maximum atomic E-state index is 6.05. The van der Waals surface area contributed by atoms with Gasteiger partial charge in [0.15, 0.2) is 5.79 Å². The Kier molecular flexibility index (Phi) is 4.50. The van der Waals surface area contributed by atoms with Crippen molar-refractivity contribution in [3.8, 4) is 0 Å². The van der Waals surface area contributed by atoms with Gasteiger partial charge in [0.2, 0.25) is 5.95 Å². The molecule has 0 atom stereocenters. The lowest BCUT2D eigenvalue weighted by atomic mass is 10.0. The highest BCUT2D eigenvalue weighted by atomic mass is 35.5. The molecule has 132 valence electrons. The standard InChI is InChI=1S/C18H21ClN4O2/c1-13-11-16(21-15-4-2-3-14(19)12-15)22-17(20-13)23-7-5-18(6-8-23)24-9-10-25-18/h2-4,11-12H,5-10H2,1H3,(H,20,21,22). The molecule has 0 amide bonds. The molecule has 3 heterocycles. The van der Waals surface area contributed by atoms with Gasteiger partial charge in [0.05, 0.1) is 13.2 Å². The van der Waals surface area contributed by atoms with Gasteiger partial charge < -0.3 is 19.7 Å². The van der Waals surface area contributed by atoms with Gasteiger partial charge in [-0.25, -0.2) is 4.98 Å². The average molecular weight is 361 g/mol. The number of nitrogens with zero attached hydrogens (tertiary/aromatic N) is 3. The van der Waals surface area contributed by atoms with Crippen LogP contribution in [0.5, 0.6) is 0 Å². The van der Waals surface area contributed by atoms with E-state index in [0.717, 1.165) is 49.1 Å². The van der Waals surface area contributed by atoms with Crippen LogP contribution in [0.2, 0.25) is 5.02 Å². The van der Waals surface area contributed by atoms with E-state index >= 15 is 0 Å². The largest absolute Gasteiger partial charge is 0.347 e. The number of rotatable bonds is 3. The summed E-state index contributed by atoms with van der Waals surface area (Å²) >= 11 is 6.05. The molecular formula is C18H21ClN4O2.